The zero-order valence-corrected chi connectivity index (χ0v) is 30.6. The Morgan fingerprint density at radius 3 is 2.22 bits per heavy atom. The quantitative estimate of drug-likeness (QED) is 0.113. The number of aryl methyl sites for hydroxylation is 1. The number of nitrogens with one attached hydrogen (secondary N) is 5. The summed E-state index contributed by atoms with van der Waals surface area (Å²) in [6, 6.07) is 7.39. The van der Waals surface area contributed by atoms with E-state index in [1.165, 1.54) is 36.7 Å². The largest absolute Gasteiger partial charge is 0.418 e. The first-order chi connectivity index (χ1) is 25.7. The monoisotopic (exact) mass is 751 g/mol. The van der Waals surface area contributed by atoms with E-state index in [0.29, 0.717) is 29.7 Å². The van der Waals surface area contributed by atoms with E-state index in [1.54, 1.807) is 32.3 Å². The van der Waals surface area contributed by atoms with Crippen molar-refractivity contribution in [1.82, 2.24) is 36.2 Å². The third kappa shape index (κ3) is 8.88. The van der Waals surface area contributed by atoms with E-state index in [1.807, 2.05) is 13.8 Å². The molecule has 5 rings (SSSR count). The molecule has 288 valence electrons. The van der Waals surface area contributed by atoms with Gasteiger partial charge < -0.3 is 26.3 Å². The van der Waals surface area contributed by atoms with E-state index in [0.717, 1.165) is 6.07 Å². The van der Waals surface area contributed by atoms with Gasteiger partial charge in [0, 0.05) is 42.0 Å². The van der Waals surface area contributed by atoms with E-state index in [4.69, 9.17) is 0 Å². The van der Waals surface area contributed by atoms with Crippen molar-refractivity contribution in [2.75, 3.05) is 0 Å². The first-order valence-electron chi connectivity index (χ1n) is 18.0. The summed E-state index contributed by atoms with van der Waals surface area (Å²) in [6.07, 6.45) is 0.279. The lowest BCUT2D eigenvalue weighted by Crippen LogP contribution is -2.67. The molecule has 2 aromatic heterocycles. The third-order valence-corrected chi connectivity index (χ3v) is 10.4. The highest BCUT2D eigenvalue weighted by Gasteiger charge is 2.47. The Labute approximate surface area is 310 Å². The van der Waals surface area contributed by atoms with Crippen LogP contribution in [0.5, 0.6) is 0 Å². The molecule has 1 aliphatic carbocycles. The smallest absolute Gasteiger partial charge is 0.358 e. The summed E-state index contributed by atoms with van der Waals surface area (Å²) in [7, 11) is 0. The van der Waals surface area contributed by atoms with E-state index in [9.17, 15) is 36.7 Å². The van der Waals surface area contributed by atoms with Crippen LogP contribution in [0.2, 0.25) is 0 Å². The summed E-state index contributed by atoms with van der Waals surface area (Å²) in [5, 5.41) is 11.6. The van der Waals surface area contributed by atoms with Crippen LogP contribution in [-0.2, 0) is 51.2 Å². The first kappa shape index (κ1) is 39.9. The lowest BCUT2D eigenvalue weighted by molar-refractivity contribution is -0.139. The number of para-hydroxylation sites is 1. The maximum Gasteiger partial charge on any atom is 0.418 e. The Morgan fingerprint density at radius 2 is 1.57 bits per heavy atom. The molecular weight excluding hydrogens is 706 g/mol. The molecule has 4 aromatic rings. The van der Waals surface area contributed by atoms with Crippen LogP contribution in [0.1, 0.15) is 74.9 Å². The minimum Gasteiger partial charge on any atom is -0.358 e. The van der Waals surface area contributed by atoms with Gasteiger partial charge in [-0.1, -0.05) is 70.9 Å². The van der Waals surface area contributed by atoms with E-state index >= 15 is 0 Å². The van der Waals surface area contributed by atoms with Gasteiger partial charge in [0.25, 0.3) is 0 Å². The standard InChI is InChI=1S/C39H45F4N7O4/c1-5-22(3)32(35(52)46-20-24-18-44-21-45-19-24)49-37(54)38(15-14-30-27(17-38)26-11-9-12-28(34(26)47-30)39(41,42)43)50-36(53)33(23(4)6-2)48-31(51)16-25-10-7-8-13-29(25)40/h7-13,18-19,21-23,32-33,47H,5-6,14-17,20H2,1-4H3,(H,46,52)(H,48,51)(H,49,54)(H,50,53)/t22?,23?,32-,33-,38+/m0/s1. The van der Waals surface area contributed by atoms with Crippen molar-refractivity contribution >= 4 is 34.5 Å². The second kappa shape index (κ2) is 16.8. The summed E-state index contributed by atoms with van der Waals surface area (Å²) < 4.78 is 56.6. The third-order valence-electron chi connectivity index (χ3n) is 10.4. The molecule has 0 saturated heterocycles. The molecule has 15 heteroatoms. The van der Waals surface area contributed by atoms with Gasteiger partial charge in [-0.05, 0) is 47.9 Å². The second-order valence-electron chi connectivity index (χ2n) is 14.1. The molecular formula is C39H45F4N7O4. The van der Waals surface area contributed by atoms with Gasteiger partial charge in [0.15, 0.2) is 0 Å². The molecule has 0 bridgehead atoms. The minimum atomic E-state index is -4.65. The van der Waals surface area contributed by atoms with Gasteiger partial charge in [-0.15, -0.1) is 0 Å². The molecule has 5 atom stereocenters. The number of amides is 4. The van der Waals surface area contributed by atoms with Gasteiger partial charge in [0.05, 0.1) is 17.5 Å². The topological polar surface area (TPSA) is 158 Å². The highest BCUT2D eigenvalue weighted by Crippen LogP contribution is 2.40. The zero-order chi connectivity index (χ0) is 39.2. The molecule has 54 heavy (non-hydrogen) atoms. The van der Waals surface area contributed by atoms with Gasteiger partial charge in [0.1, 0.15) is 29.8 Å². The van der Waals surface area contributed by atoms with Crippen LogP contribution in [0, 0.1) is 17.7 Å². The Balaban J connectivity index is 1.49. The first-order valence-corrected chi connectivity index (χ1v) is 18.0. The number of aromatic amines is 1. The summed E-state index contributed by atoms with van der Waals surface area (Å²) in [6.45, 7) is 7.32. The maximum atomic E-state index is 14.7. The molecule has 0 radical (unpaired) electrons. The molecule has 2 unspecified atom stereocenters. The predicted octanol–water partition coefficient (Wildman–Crippen LogP) is 5.08. The number of nitrogens with zero attached hydrogens (tertiary/aromatic N) is 2. The van der Waals surface area contributed by atoms with Gasteiger partial charge in [-0.3, -0.25) is 19.2 Å². The van der Waals surface area contributed by atoms with Crippen molar-refractivity contribution in [1.29, 1.82) is 0 Å². The highest BCUT2D eigenvalue weighted by atomic mass is 19.4. The number of carbonyl (C=O) groups is 4. The average Bonchev–Trinajstić information content (AvgIpc) is 3.52. The van der Waals surface area contributed by atoms with Crippen LogP contribution >= 0.6 is 0 Å². The molecule has 0 spiro atoms. The number of hydrogen-bond donors (Lipinski definition) is 5. The van der Waals surface area contributed by atoms with Crippen LogP contribution in [0.25, 0.3) is 10.9 Å². The normalized spacial score (nSPS) is 17.8. The number of aromatic nitrogens is 3. The molecule has 1 aliphatic rings. The Kier molecular flexibility index (Phi) is 12.4. The van der Waals surface area contributed by atoms with Crippen molar-refractivity contribution in [3.05, 3.63) is 95.0 Å². The summed E-state index contributed by atoms with van der Waals surface area (Å²) >= 11 is 0. The van der Waals surface area contributed by atoms with Crippen molar-refractivity contribution in [2.24, 2.45) is 11.8 Å². The van der Waals surface area contributed by atoms with Crippen LogP contribution < -0.4 is 21.3 Å². The Morgan fingerprint density at radius 1 is 0.907 bits per heavy atom. The zero-order valence-electron chi connectivity index (χ0n) is 30.6. The number of alkyl halides is 3. The van der Waals surface area contributed by atoms with Crippen LogP contribution in [0.3, 0.4) is 0 Å². The molecule has 11 nitrogen and oxygen atoms in total. The molecule has 2 aromatic carbocycles. The second-order valence-corrected chi connectivity index (χ2v) is 14.1. The van der Waals surface area contributed by atoms with Crippen LogP contribution in [0.15, 0.2) is 61.2 Å². The number of H-pyrrole nitrogens is 1. The number of benzene rings is 2. The fourth-order valence-corrected chi connectivity index (χ4v) is 6.82. The van der Waals surface area contributed by atoms with E-state index < -0.39 is 64.7 Å². The number of hydrogen-bond acceptors (Lipinski definition) is 6. The maximum absolute atomic E-state index is 14.7. The molecule has 4 amide bonds. The van der Waals surface area contributed by atoms with E-state index in [-0.39, 0.29) is 54.6 Å². The molecule has 0 saturated carbocycles. The fraction of sp³-hybridized carbons (Fsp3) is 0.436. The van der Waals surface area contributed by atoms with Gasteiger partial charge in [0.2, 0.25) is 23.6 Å². The fourth-order valence-electron chi connectivity index (χ4n) is 6.82. The SMILES string of the molecule is CCC(C)[C@H](NC(=O)Cc1ccccc1F)C(=O)N[C@]1(C(=O)N[C@H](C(=O)NCc2cncnc2)C(C)CC)CCc2[nH]c3c(C(F)(F)F)cccc3c2C1. The Bertz CT molecular complexity index is 1990. The van der Waals surface area contributed by atoms with Crippen LogP contribution in [-0.4, -0.2) is 56.2 Å². The molecule has 2 heterocycles. The van der Waals surface area contributed by atoms with Crippen LogP contribution in [0.4, 0.5) is 17.6 Å². The molecule has 0 fully saturated rings. The van der Waals surface area contributed by atoms with Gasteiger partial charge in [-0.2, -0.15) is 13.2 Å². The van der Waals surface area contributed by atoms with E-state index in [2.05, 4.69) is 36.2 Å². The summed E-state index contributed by atoms with van der Waals surface area (Å²) in [5.74, 6) is -3.87. The number of halogens is 4. The lowest BCUT2D eigenvalue weighted by atomic mass is 9.78. The molecule has 0 aliphatic heterocycles. The summed E-state index contributed by atoms with van der Waals surface area (Å²) in [5.41, 5.74) is -1.03. The van der Waals surface area contributed by atoms with Crippen molar-refractivity contribution in [3.63, 3.8) is 0 Å². The number of fused-ring (bicyclic) bond motifs is 3. The van der Waals surface area contributed by atoms with Crippen molar-refractivity contribution in [3.8, 4) is 0 Å². The lowest BCUT2D eigenvalue weighted by Gasteiger charge is -2.39. The average molecular weight is 752 g/mol. The van der Waals surface area contributed by atoms with Crippen molar-refractivity contribution < 1.29 is 36.7 Å². The van der Waals surface area contributed by atoms with Gasteiger partial charge in [-0.25, -0.2) is 14.4 Å². The predicted molar refractivity (Wildman–Crippen MR) is 193 cm³/mol. The summed E-state index contributed by atoms with van der Waals surface area (Å²) in [4.78, 5) is 66.6. The van der Waals surface area contributed by atoms with Gasteiger partial charge >= 0.3 is 6.18 Å². The molecule has 5 N–H and O–H groups in total. The minimum absolute atomic E-state index is 0.0294. The van der Waals surface area contributed by atoms with Crippen molar-refractivity contribution in [2.45, 2.75) is 96.6 Å². The Hall–Kier alpha value is -5.34. The highest BCUT2D eigenvalue weighted by molar-refractivity contribution is 5.99. The number of rotatable bonds is 14. The number of carbonyl (C=O) groups excluding carboxylic acids is 4.